The topological polar surface area (TPSA) is 63.2 Å². The first-order chi connectivity index (χ1) is 9.84. The molecule has 0 aliphatic carbocycles. The minimum Gasteiger partial charge on any atom is -0.249 e. The lowest BCUT2D eigenvalue weighted by atomic mass is 10.3. The molecular weight excluding hydrogens is 330 g/mol. The van der Waals surface area contributed by atoms with Crippen LogP contribution in [0.15, 0.2) is 23.4 Å². The highest BCUT2D eigenvalue weighted by molar-refractivity contribution is 7.89. The third-order valence-corrected chi connectivity index (χ3v) is 6.27. The zero-order valence-corrected chi connectivity index (χ0v) is 14.4. The van der Waals surface area contributed by atoms with E-state index in [-0.39, 0.29) is 4.90 Å². The highest BCUT2D eigenvalue weighted by Crippen LogP contribution is 2.22. The minimum absolute atomic E-state index is 0.145. The van der Waals surface area contributed by atoms with Gasteiger partial charge in [-0.3, -0.25) is 0 Å². The molecule has 2 heterocycles. The average molecular weight is 346 g/mol. The van der Waals surface area contributed by atoms with Crippen molar-refractivity contribution in [3.63, 3.8) is 0 Å². The summed E-state index contributed by atoms with van der Waals surface area (Å²) < 4.78 is 26.3. The van der Waals surface area contributed by atoms with Crippen LogP contribution in [0.4, 0.5) is 0 Å². The molecule has 2 aromatic heterocycles. The van der Waals surface area contributed by atoms with Crippen LogP contribution >= 0.6 is 22.9 Å². The van der Waals surface area contributed by atoms with Crippen molar-refractivity contribution < 1.29 is 8.42 Å². The molecule has 0 N–H and O–H groups in total. The second kappa shape index (κ2) is 6.39. The summed E-state index contributed by atoms with van der Waals surface area (Å²) in [6, 6.07) is 1.53. The highest BCUT2D eigenvalue weighted by Gasteiger charge is 2.22. The molecule has 5 nitrogen and oxygen atoms in total. The Hall–Kier alpha value is -1.02. The maximum atomic E-state index is 12.5. The molecule has 0 saturated carbocycles. The van der Waals surface area contributed by atoms with E-state index in [4.69, 9.17) is 11.6 Å². The minimum atomic E-state index is -3.58. The van der Waals surface area contributed by atoms with Crippen molar-refractivity contribution in [2.75, 3.05) is 7.05 Å². The smallest absolute Gasteiger partial charge is 0.244 e. The molecule has 2 rings (SSSR count). The first-order valence-electron chi connectivity index (χ1n) is 6.36. The van der Waals surface area contributed by atoms with Gasteiger partial charge in [-0.15, -0.1) is 11.3 Å². The summed E-state index contributed by atoms with van der Waals surface area (Å²) in [6.45, 7) is 4.04. The van der Waals surface area contributed by atoms with Gasteiger partial charge in [-0.05, 0) is 25.0 Å². The van der Waals surface area contributed by atoms with Crippen LogP contribution < -0.4 is 0 Å². The van der Waals surface area contributed by atoms with Crippen LogP contribution in [0.1, 0.15) is 22.4 Å². The van der Waals surface area contributed by atoms with Gasteiger partial charge >= 0.3 is 0 Å². The summed E-state index contributed by atoms with van der Waals surface area (Å²) in [5.74, 6) is 0. The van der Waals surface area contributed by atoms with E-state index in [1.54, 1.807) is 20.2 Å². The summed E-state index contributed by atoms with van der Waals surface area (Å²) >= 11 is 7.36. The van der Waals surface area contributed by atoms with Crippen molar-refractivity contribution in [2.24, 2.45) is 0 Å². The fourth-order valence-electron chi connectivity index (χ4n) is 1.74. The van der Waals surface area contributed by atoms with Gasteiger partial charge in [0.05, 0.1) is 5.01 Å². The van der Waals surface area contributed by atoms with Gasteiger partial charge in [-0.25, -0.2) is 18.4 Å². The van der Waals surface area contributed by atoms with Crippen LogP contribution in [0, 0.1) is 6.92 Å². The Morgan fingerprint density at radius 1 is 1.33 bits per heavy atom. The fourth-order valence-corrected chi connectivity index (χ4v) is 4.02. The molecule has 0 spiro atoms. The number of rotatable bonds is 5. The summed E-state index contributed by atoms with van der Waals surface area (Å²) in [7, 11) is -2.04. The van der Waals surface area contributed by atoms with Crippen molar-refractivity contribution in [1.29, 1.82) is 0 Å². The molecule has 0 unspecified atom stereocenters. The van der Waals surface area contributed by atoms with Crippen molar-refractivity contribution in [2.45, 2.75) is 31.7 Å². The van der Waals surface area contributed by atoms with Crippen LogP contribution in [0.3, 0.4) is 0 Å². The first-order valence-corrected chi connectivity index (χ1v) is 9.00. The Bertz CT molecular complexity index is 744. The lowest BCUT2D eigenvalue weighted by molar-refractivity contribution is 0.469. The van der Waals surface area contributed by atoms with E-state index in [9.17, 15) is 8.42 Å². The maximum Gasteiger partial charge on any atom is 0.244 e. The Balaban J connectivity index is 2.23. The van der Waals surface area contributed by atoms with Gasteiger partial charge in [0.25, 0.3) is 0 Å². The summed E-state index contributed by atoms with van der Waals surface area (Å²) in [4.78, 5) is 9.20. The number of aromatic nitrogens is 2. The van der Waals surface area contributed by atoms with E-state index in [2.05, 4.69) is 9.97 Å². The molecular formula is C13H16ClN3O2S2. The second-order valence-corrected chi connectivity index (χ2v) is 8.22. The quantitative estimate of drug-likeness (QED) is 0.782. The number of sulfonamides is 1. The molecule has 114 valence electrons. The average Bonchev–Trinajstić information content (AvgIpc) is 2.89. The third kappa shape index (κ3) is 3.60. The van der Waals surface area contributed by atoms with Crippen LogP contribution in [0.5, 0.6) is 0 Å². The molecule has 0 amide bonds. The van der Waals surface area contributed by atoms with Crippen LogP contribution in [0.25, 0.3) is 0 Å². The molecule has 0 saturated heterocycles. The zero-order valence-electron chi connectivity index (χ0n) is 12.0. The van der Waals surface area contributed by atoms with Crippen molar-refractivity contribution in [1.82, 2.24) is 14.3 Å². The Morgan fingerprint density at radius 3 is 2.62 bits per heavy atom. The normalized spacial score (nSPS) is 12.0. The van der Waals surface area contributed by atoms with E-state index in [1.165, 1.54) is 27.9 Å². The number of hydrogen-bond donors (Lipinski definition) is 0. The maximum absolute atomic E-state index is 12.5. The predicted molar refractivity (Wildman–Crippen MR) is 84.1 cm³/mol. The second-order valence-electron chi connectivity index (χ2n) is 4.61. The molecule has 0 aromatic carbocycles. The van der Waals surface area contributed by atoms with Crippen LogP contribution in [0.2, 0.25) is 5.15 Å². The largest absolute Gasteiger partial charge is 0.249 e. The van der Waals surface area contributed by atoms with Gasteiger partial charge < -0.3 is 0 Å². The highest BCUT2D eigenvalue weighted by atomic mass is 35.5. The van der Waals surface area contributed by atoms with Crippen LogP contribution in [-0.2, 0) is 23.0 Å². The standard InChI is InChI=1S/C13H16ClN3O2S2/c1-4-12-15-6-10(20-12)8-17(3)21(18,19)11-5-9(2)13(14)16-7-11/h5-7H,4,8H2,1-3H3. The van der Waals surface area contributed by atoms with Crippen molar-refractivity contribution in [3.8, 4) is 0 Å². The lowest BCUT2D eigenvalue weighted by Gasteiger charge is -2.16. The number of hydrogen-bond acceptors (Lipinski definition) is 5. The summed E-state index contributed by atoms with van der Waals surface area (Å²) in [5.41, 5.74) is 0.636. The molecule has 2 aromatic rings. The molecule has 0 aliphatic rings. The van der Waals surface area contributed by atoms with E-state index in [1.807, 2.05) is 6.92 Å². The third-order valence-electron chi connectivity index (χ3n) is 2.98. The van der Waals surface area contributed by atoms with E-state index in [0.29, 0.717) is 17.3 Å². The number of aryl methyl sites for hydroxylation is 2. The van der Waals surface area contributed by atoms with Crippen LogP contribution in [-0.4, -0.2) is 29.7 Å². The van der Waals surface area contributed by atoms with Gasteiger partial charge in [0.15, 0.2) is 0 Å². The summed E-state index contributed by atoms with van der Waals surface area (Å²) in [6.07, 6.45) is 3.85. The van der Waals surface area contributed by atoms with E-state index >= 15 is 0 Å². The van der Waals surface area contributed by atoms with Gasteiger partial charge in [0.2, 0.25) is 10.0 Å². The fraction of sp³-hybridized carbons (Fsp3) is 0.385. The summed E-state index contributed by atoms with van der Waals surface area (Å²) in [5, 5.41) is 1.31. The molecule has 0 radical (unpaired) electrons. The molecule has 21 heavy (non-hydrogen) atoms. The number of pyridine rings is 1. The predicted octanol–water partition coefficient (Wildman–Crippen LogP) is 2.88. The Labute approximate surface area is 133 Å². The van der Waals surface area contributed by atoms with Gasteiger partial charge in [0, 0.05) is 30.9 Å². The monoisotopic (exact) mass is 345 g/mol. The number of nitrogens with zero attached hydrogens (tertiary/aromatic N) is 3. The lowest BCUT2D eigenvalue weighted by Crippen LogP contribution is -2.26. The van der Waals surface area contributed by atoms with Gasteiger partial charge in [0.1, 0.15) is 10.0 Å². The molecule has 0 atom stereocenters. The van der Waals surface area contributed by atoms with Gasteiger partial charge in [-0.2, -0.15) is 4.31 Å². The van der Waals surface area contributed by atoms with E-state index < -0.39 is 10.0 Å². The zero-order chi connectivity index (χ0) is 15.6. The first kappa shape index (κ1) is 16.4. The molecule has 8 heteroatoms. The molecule has 0 fully saturated rings. The Kier molecular flexibility index (Phi) is 4.98. The number of thiazole rings is 1. The number of halogens is 1. The molecule has 0 aliphatic heterocycles. The molecule has 0 bridgehead atoms. The Morgan fingerprint density at radius 2 is 2.05 bits per heavy atom. The SMILES string of the molecule is CCc1ncc(CN(C)S(=O)(=O)c2cnc(Cl)c(C)c2)s1. The van der Waals surface area contributed by atoms with E-state index in [0.717, 1.165) is 16.3 Å². The van der Waals surface area contributed by atoms with Crippen molar-refractivity contribution in [3.05, 3.63) is 39.1 Å². The van der Waals surface area contributed by atoms with Gasteiger partial charge in [-0.1, -0.05) is 18.5 Å². The van der Waals surface area contributed by atoms with Crippen molar-refractivity contribution >= 4 is 33.0 Å².